The molecule has 4 amide bonds. The van der Waals surface area contributed by atoms with Gasteiger partial charge < -0.3 is 95.3 Å². The number of methoxy groups -OCH3 is 2. The zero-order valence-corrected chi connectivity index (χ0v) is 76.3. The Morgan fingerprint density at radius 1 is 0.677 bits per heavy atom. The molecular formula is C95H119N21O17. The fourth-order valence-electron chi connectivity index (χ4n) is 19.0. The van der Waals surface area contributed by atoms with Gasteiger partial charge in [0.2, 0.25) is 23.6 Å². The van der Waals surface area contributed by atoms with Crippen molar-refractivity contribution in [2.24, 2.45) is 35.3 Å². The minimum absolute atomic E-state index is 0.0120. The van der Waals surface area contributed by atoms with Gasteiger partial charge in [0.05, 0.1) is 41.4 Å². The molecule has 15 atom stereocenters. The van der Waals surface area contributed by atoms with E-state index in [1.54, 1.807) is 80.9 Å². The number of carbonyl (C=O) groups is 8. The number of anilines is 5. The predicted molar refractivity (Wildman–Crippen MR) is 490 cm³/mol. The van der Waals surface area contributed by atoms with Crippen molar-refractivity contribution in [3.8, 4) is 11.3 Å². The standard InChI is InChI=1S/C95H119N21O17/c1-54-14-10-9-11-15-55(2)75(128-7)42-68-22-17-59(6)95(127,133-68)83(121)88(124)115-26-13-12-16-71(115)89(125)130-76(43-72(117)56(3)37-58(5)81(119)82(120)80(118)57(4)36-54)69(96)39-60-19-23-74(77(40-60)129-8)132-94(126)105-46-62-44-99-91(100-45-62)112-32-34-113(35-33-112)93-101-47-66(48-102-93)86(122)110-28-30-111(31-29-110)92-103-49-67(50-104-92)87(123)114-27-25-63-38-61(18-20-65(63)52-114)51-116-85-78(84(97)106-53-107-85)79(109-116)64-21-24-73-70(41-64)108-90(98)131-73/h9-11,14-15,18,20-21,24,37-38,41,44-45,47-50,53-54,56-57,59-60,68-69,71,74-77,81-82,119-120,127H,12-13,16-17,19,22-23,25-36,39-40,42-43,46,51-52,96H2,1-8H3,(H2,98,108)(H,105,126)(H2,97,106,107)/b11-9+,14-10+,55-15+,58-37+/t54-,56-,57-,59-,60+,68+,69-,71+,74-,75+,76+,77-,81-,82+,95?/m1/s1. The first-order valence-electron chi connectivity index (χ1n) is 45.8. The van der Waals surface area contributed by atoms with E-state index in [0.29, 0.717) is 198 Å². The number of alkyl carbamates (subject to hydrolysis) is 1. The molecule has 8 aromatic rings. The number of nitrogens with zero attached hydrogens (tertiary/aromatic N) is 17. The number of nitrogen functional groups attached to an aromatic ring is 2. The number of aromatic nitrogens is 11. The topological polar surface area (TPSA) is 500 Å². The van der Waals surface area contributed by atoms with Crippen molar-refractivity contribution in [1.82, 2.24) is 74.7 Å². The Morgan fingerprint density at radius 3 is 2.04 bits per heavy atom. The first-order chi connectivity index (χ1) is 64.0. The summed E-state index contributed by atoms with van der Waals surface area (Å²) in [5.41, 5.74) is 27.9. The molecule has 10 N–H and O–H groups in total. The number of fused-ring (bicyclic) bond motifs is 6. The van der Waals surface area contributed by atoms with Gasteiger partial charge in [-0.2, -0.15) is 10.1 Å². The number of cyclic esters (lactones) is 1. The van der Waals surface area contributed by atoms with Gasteiger partial charge in [0.15, 0.2) is 17.0 Å². The number of allylic oxidation sites excluding steroid dienone is 6. The third-order valence-electron chi connectivity index (χ3n) is 27.0. The SMILES string of the molecule is CO[C@H]1C[C@@H]2CC[C@@H](C)C(O)(O2)C(=O)C(=O)N2CCCC[C@H]2C(=O)O[C@H]([C@H](N)C[C@@H]2CC[C@@H](OC(=O)NCc3cnc(N4CCN(c5ncc(C(=O)N6CCN(c7ncc(C(=O)N8CCc9cc(Cn%10nc(-c%11ccc%12oc(N)nc%12c%11)c%11c(N)ncnc%11%10)ccc9C8)cn7)CC6)cn5)CC4)nc3)[C@H](OC)C2)CC(=O)[C@H](C)/C=C(\C)[C@@H](O)[C@@H](O)C(=O)[C@H](C)C[C@H](C)/C=C/C=C/C=C/1C. The van der Waals surface area contributed by atoms with Gasteiger partial charge >= 0.3 is 12.1 Å². The van der Waals surface area contributed by atoms with E-state index in [0.717, 1.165) is 32.7 Å². The van der Waals surface area contributed by atoms with Crippen molar-refractivity contribution < 1.29 is 81.8 Å². The van der Waals surface area contributed by atoms with Gasteiger partial charge in [-0.05, 0) is 142 Å². The molecule has 12 heterocycles. The maximum absolute atomic E-state index is 14.8. The van der Waals surface area contributed by atoms with Crippen molar-refractivity contribution in [1.29, 1.82) is 0 Å². The number of hydrogen-bond donors (Lipinski definition) is 7. The summed E-state index contributed by atoms with van der Waals surface area (Å²) in [4.78, 5) is 165. The van der Waals surface area contributed by atoms with Crippen LogP contribution >= 0.6 is 0 Å². The zero-order chi connectivity index (χ0) is 94.1. The number of benzene rings is 2. The Bertz CT molecular complexity index is 5680. The first kappa shape index (κ1) is 95.2. The molecule has 1 saturated carbocycles. The molecule has 2 bridgehead atoms. The number of amides is 4. The van der Waals surface area contributed by atoms with Crippen LogP contribution in [0, 0.1) is 29.6 Å². The number of piperidine rings is 1. The fourth-order valence-corrected chi connectivity index (χ4v) is 19.0. The van der Waals surface area contributed by atoms with Crippen LogP contribution < -0.4 is 37.2 Å². The highest BCUT2D eigenvalue weighted by Gasteiger charge is 2.54. The number of piperazine rings is 2. The molecule has 0 radical (unpaired) electrons. The highest BCUT2D eigenvalue weighted by atomic mass is 16.6. The highest BCUT2D eigenvalue weighted by Crippen LogP contribution is 2.40. The van der Waals surface area contributed by atoms with Crippen LogP contribution in [0.4, 0.5) is 34.5 Å². The molecule has 38 nitrogen and oxygen atoms in total. The number of ketones is 3. The van der Waals surface area contributed by atoms with Crippen molar-refractivity contribution in [3.63, 3.8) is 0 Å². The van der Waals surface area contributed by atoms with E-state index in [1.165, 1.54) is 26.4 Å². The molecule has 7 aliphatic rings. The van der Waals surface area contributed by atoms with E-state index in [9.17, 15) is 53.7 Å². The molecule has 6 aliphatic heterocycles. The van der Waals surface area contributed by atoms with Crippen molar-refractivity contribution >= 4 is 98.9 Å². The quantitative estimate of drug-likeness (QED) is 0.0286. The van der Waals surface area contributed by atoms with Gasteiger partial charge in [-0.1, -0.05) is 82.4 Å². The average molecular weight is 1830 g/mol. The smallest absolute Gasteiger partial charge is 0.407 e. The third-order valence-corrected chi connectivity index (χ3v) is 27.0. The molecule has 38 heteroatoms. The molecule has 1 unspecified atom stereocenters. The van der Waals surface area contributed by atoms with Crippen LogP contribution in [0.3, 0.4) is 0 Å². The Balaban J connectivity index is 0.497. The first-order valence-corrected chi connectivity index (χ1v) is 45.8. The molecule has 133 heavy (non-hydrogen) atoms. The molecule has 4 saturated heterocycles. The Labute approximate surface area is 770 Å². The number of rotatable bonds is 16. The highest BCUT2D eigenvalue weighted by molar-refractivity contribution is 6.39. The number of nitrogens with one attached hydrogen (secondary N) is 1. The van der Waals surface area contributed by atoms with E-state index in [1.807, 2.05) is 81.8 Å². The molecule has 1 aliphatic carbocycles. The van der Waals surface area contributed by atoms with Gasteiger partial charge in [0, 0.05) is 178 Å². The lowest BCUT2D eigenvalue weighted by Crippen LogP contribution is -2.61. The normalized spacial score (nSPS) is 27.6. The summed E-state index contributed by atoms with van der Waals surface area (Å²) in [6.07, 6.45) is 18.0. The maximum atomic E-state index is 14.8. The third kappa shape index (κ3) is 22.1. The van der Waals surface area contributed by atoms with Crippen LogP contribution in [0.1, 0.15) is 162 Å². The number of oxazole rings is 1. The molecule has 5 fully saturated rings. The summed E-state index contributed by atoms with van der Waals surface area (Å²) >= 11 is 0. The average Bonchev–Trinajstić information content (AvgIpc) is 1.75. The van der Waals surface area contributed by atoms with Crippen LogP contribution in [-0.2, 0) is 73.7 Å². The monoisotopic (exact) mass is 1830 g/mol. The number of aliphatic hydroxyl groups excluding tert-OH is 2. The van der Waals surface area contributed by atoms with Crippen LogP contribution in [-0.4, -0.2) is 272 Å². The number of hydrogen-bond acceptors (Lipinski definition) is 33. The molecule has 2 aromatic carbocycles. The van der Waals surface area contributed by atoms with E-state index in [4.69, 9.17) is 50.4 Å². The number of aliphatic hydroxyl groups is 3. The number of nitrogens with two attached hydrogens (primary N) is 3. The summed E-state index contributed by atoms with van der Waals surface area (Å²) in [7, 11) is 3.06. The van der Waals surface area contributed by atoms with Gasteiger partial charge in [-0.15, -0.1) is 0 Å². The lowest BCUT2D eigenvalue weighted by atomic mass is 9.80. The second kappa shape index (κ2) is 42.2. The lowest BCUT2D eigenvalue weighted by Gasteiger charge is -2.42. The summed E-state index contributed by atoms with van der Waals surface area (Å²) in [6.45, 7) is 15.6. The van der Waals surface area contributed by atoms with Crippen LogP contribution in [0.25, 0.3) is 33.4 Å². The van der Waals surface area contributed by atoms with Crippen molar-refractivity contribution in [2.45, 2.75) is 205 Å². The maximum Gasteiger partial charge on any atom is 0.407 e. The van der Waals surface area contributed by atoms with Crippen molar-refractivity contribution in [3.05, 3.63) is 161 Å². The molecule has 706 valence electrons. The number of Topliss-reactive ketones (excluding diaryl/α,β-unsaturated/α-hetero) is 3. The molecule has 0 spiro atoms. The molecule has 6 aromatic heterocycles. The van der Waals surface area contributed by atoms with E-state index < -0.39 is 120 Å². The second-order valence-corrected chi connectivity index (χ2v) is 36.3. The summed E-state index contributed by atoms with van der Waals surface area (Å²) < 4.78 is 37.5. The lowest BCUT2D eigenvalue weighted by molar-refractivity contribution is -0.265. The second-order valence-electron chi connectivity index (χ2n) is 36.3. The van der Waals surface area contributed by atoms with Crippen LogP contribution in [0.5, 0.6) is 0 Å². The number of esters is 1. The van der Waals surface area contributed by atoms with Crippen LogP contribution in [0.15, 0.2) is 132 Å². The fraction of sp³-hybridized carbons (Fsp3) is 0.516. The molecule has 15 rings (SSSR count). The Hall–Kier alpha value is -12.5. The van der Waals surface area contributed by atoms with Crippen LogP contribution in [0.2, 0.25) is 0 Å². The number of ether oxygens (including phenoxy) is 5. The zero-order valence-electron chi connectivity index (χ0n) is 76.3. The largest absolute Gasteiger partial charge is 0.459 e. The summed E-state index contributed by atoms with van der Waals surface area (Å²) in [5, 5.41) is 43.1. The van der Waals surface area contributed by atoms with Gasteiger partial charge in [-0.25, -0.2) is 54.1 Å². The summed E-state index contributed by atoms with van der Waals surface area (Å²) in [6, 6.07) is 9.53. The summed E-state index contributed by atoms with van der Waals surface area (Å²) in [5.74, 6) is -8.04. The van der Waals surface area contributed by atoms with Gasteiger partial charge in [-0.3, -0.25) is 28.8 Å². The predicted octanol–water partition coefficient (Wildman–Crippen LogP) is 7.17. The Kier molecular flexibility index (Phi) is 30.2. The van der Waals surface area contributed by atoms with E-state index in [2.05, 4.69) is 62.3 Å². The number of carbonyl (C=O) groups excluding carboxylic acids is 8. The molecular weight excluding hydrogens is 1710 g/mol. The minimum Gasteiger partial charge on any atom is -0.459 e. The van der Waals surface area contributed by atoms with Gasteiger partial charge in [0.25, 0.3) is 29.5 Å². The van der Waals surface area contributed by atoms with E-state index in [-0.39, 0.29) is 67.6 Å². The minimum atomic E-state index is -2.52. The Morgan fingerprint density at radius 2 is 1.35 bits per heavy atom. The van der Waals surface area contributed by atoms with Crippen molar-refractivity contribution in [2.75, 3.05) is 106 Å². The van der Waals surface area contributed by atoms with E-state index >= 15 is 0 Å². The van der Waals surface area contributed by atoms with Gasteiger partial charge in [0.1, 0.15) is 59.6 Å².